The van der Waals surface area contributed by atoms with Crippen LogP contribution in [0.5, 0.6) is 5.75 Å². The van der Waals surface area contributed by atoms with E-state index in [1.807, 2.05) is 18.2 Å². The quantitative estimate of drug-likeness (QED) is 0.338. The molecule has 0 fully saturated rings. The van der Waals surface area contributed by atoms with E-state index in [9.17, 15) is 4.39 Å². The van der Waals surface area contributed by atoms with Gasteiger partial charge in [0.1, 0.15) is 11.6 Å². The molecule has 0 saturated carbocycles. The summed E-state index contributed by atoms with van der Waals surface area (Å²) < 4.78 is 19.2. The number of thiocarbonyl (C=S) groups is 1. The molecular formula is C25H22ClFN2OS. The van der Waals surface area contributed by atoms with Crippen LogP contribution < -0.4 is 4.74 Å². The SMILES string of the molecule is Cc1ccc(C2c3[nH]c4ccc(Cl)cc4c3CCN2C(=S)Oc2ccc(F)cc2)cc1.[HH]. The molecule has 158 valence electrons. The molecule has 1 atom stereocenters. The summed E-state index contributed by atoms with van der Waals surface area (Å²) in [4.78, 5) is 5.68. The molecule has 5 rings (SSSR count). The van der Waals surface area contributed by atoms with Crippen molar-refractivity contribution in [2.75, 3.05) is 6.54 Å². The van der Waals surface area contributed by atoms with Crippen molar-refractivity contribution in [2.45, 2.75) is 19.4 Å². The van der Waals surface area contributed by atoms with Gasteiger partial charge in [0.15, 0.2) is 0 Å². The van der Waals surface area contributed by atoms with E-state index in [1.54, 1.807) is 12.1 Å². The predicted molar refractivity (Wildman–Crippen MR) is 128 cm³/mol. The Morgan fingerprint density at radius 2 is 1.87 bits per heavy atom. The Labute approximate surface area is 191 Å². The maximum Gasteiger partial charge on any atom is 0.265 e. The van der Waals surface area contributed by atoms with Crippen LogP contribution in [-0.4, -0.2) is 21.6 Å². The maximum absolute atomic E-state index is 13.3. The van der Waals surface area contributed by atoms with Crippen LogP contribution in [-0.2, 0) is 6.42 Å². The Bertz CT molecular complexity index is 1270. The largest absolute Gasteiger partial charge is 0.432 e. The first kappa shape index (κ1) is 20.0. The van der Waals surface area contributed by atoms with Crippen molar-refractivity contribution in [3.63, 3.8) is 0 Å². The summed E-state index contributed by atoms with van der Waals surface area (Å²) in [5.41, 5.74) is 5.72. The highest BCUT2D eigenvalue weighted by Gasteiger charge is 2.34. The lowest BCUT2D eigenvalue weighted by Gasteiger charge is -2.37. The van der Waals surface area contributed by atoms with Gasteiger partial charge in [0.2, 0.25) is 0 Å². The van der Waals surface area contributed by atoms with E-state index in [2.05, 4.69) is 41.1 Å². The van der Waals surface area contributed by atoms with E-state index in [1.165, 1.54) is 23.3 Å². The van der Waals surface area contributed by atoms with E-state index in [-0.39, 0.29) is 13.3 Å². The fraction of sp³-hybridized carbons (Fsp3) is 0.160. The van der Waals surface area contributed by atoms with E-state index < -0.39 is 0 Å². The number of H-pyrrole nitrogens is 1. The number of halogens is 2. The number of ether oxygens (including phenoxy) is 1. The van der Waals surface area contributed by atoms with Gasteiger partial charge in [-0.05, 0) is 79.2 Å². The third kappa shape index (κ3) is 3.80. The standard InChI is InChI=1S/C25H20ClFN2OS.H2/c1-15-2-4-16(5-3-15)24-23-20(21-14-17(26)6-11-22(21)28-23)12-13-29(24)25(31)30-19-9-7-18(27)8-10-19;/h2-11,14,24,28H,12-13H2,1H3;1H. The van der Waals surface area contributed by atoms with Gasteiger partial charge in [-0.3, -0.25) is 0 Å². The van der Waals surface area contributed by atoms with Gasteiger partial charge in [-0.1, -0.05) is 41.4 Å². The first-order valence-electron chi connectivity index (χ1n) is 10.1. The fourth-order valence-corrected chi connectivity index (χ4v) is 4.68. The number of aromatic amines is 1. The molecular weight excluding hydrogens is 431 g/mol. The second kappa shape index (κ2) is 7.98. The minimum Gasteiger partial charge on any atom is -0.432 e. The van der Waals surface area contributed by atoms with E-state index in [0.29, 0.717) is 17.5 Å². The van der Waals surface area contributed by atoms with Crippen LogP contribution in [0.4, 0.5) is 4.39 Å². The van der Waals surface area contributed by atoms with Crippen LogP contribution >= 0.6 is 23.8 Å². The topological polar surface area (TPSA) is 28.3 Å². The maximum atomic E-state index is 13.3. The monoisotopic (exact) mass is 452 g/mol. The first-order valence-corrected chi connectivity index (χ1v) is 10.9. The Morgan fingerprint density at radius 1 is 1.13 bits per heavy atom. The van der Waals surface area contributed by atoms with Crippen LogP contribution in [0.15, 0.2) is 66.7 Å². The summed E-state index contributed by atoms with van der Waals surface area (Å²) in [5.74, 6) is 0.207. The highest BCUT2D eigenvalue weighted by molar-refractivity contribution is 7.80. The highest BCUT2D eigenvalue weighted by Crippen LogP contribution is 2.39. The van der Waals surface area contributed by atoms with Gasteiger partial charge in [-0.2, -0.15) is 0 Å². The summed E-state index contributed by atoms with van der Waals surface area (Å²) in [5, 5.41) is 2.22. The van der Waals surface area contributed by atoms with Crippen LogP contribution in [0, 0.1) is 12.7 Å². The molecule has 0 amide bonds. The summed E-state index contributed by atoms with van der Waals surface area (Å²) >= 11 is 12.0. The molecule has 2 heterocycles. The zero-order chi connectivity index (χ0) is 21.5. The molecule has 0 aliphatic carbocycles. The van der Waals surface area contributed by atoms with E-state index in [0.717, 1.165) is 33.6 Å². The van der Waals surface area contributed by atoms with Crippen molar-refractivity contribution in [1.29, 1.82) is 0 Å². The normalized spacial score (nSPS) is 15.7. The van der Waals surface area contributed by atoms with Crippen LogP contribution in [0.2, 0.25) is 5.02 Å². The van der Waals surface area contributed by atoms with Gasteiger partial charge in [0, 0.05) is 29.6 Å². The van der Waals surface area contributed by atoms with Crippen LogP contribution in [0.3, 0.4) is 0 Å². The van der Waals surface area contributed by atoms with Gasteiger partial charge in [-0.25, -0.2) is 4.39 Å². The average Bonchev–Trinajstić information content (AvgIpc) is 3.13. The van der Waals surface area contributed by atoms with Gasteiger partial charge in [0.05, 0.1) is 6.04 Å². The Hall–Kier alpha value is -2.89. The molecule has 1 aliphatic rings. The van der Waals surface area contributed by atoms with Crippen molar-refractivity contribution in [3.8, 4) is 5.75 Å². The molecule has 1 N–H and O–H groups in total. The number of benzene rings is 3. The molecule has 0 saturated heterocycles. The molecule has 0 spiro atoms. The summed E-state index contributed by atoms with van der Waals surface area (Å²) in [6.07, 6.45) is 0.810. The molecule has 0 radical (unpaired) electrons. The second-order valence-corrected chi connectivity index (χ2v) is 8.57. The van der Waals surface area contributed by atoms with E-state index >= 15 is 0 Å². The number of nitrogens with one attached hydrogen (secondary N) is 1. The summed E-state index contributed by atoms with van der Waals surface area (Å²) in [6.45, 7) is 2.77. The number of aromatic nitrogens is 1. The molecule has 1 unspecified atom stereocenters. The van der Waals surface area contributed by atoms with Crippen molar-refractivity contribution in [1.82, 2.24) is 9.88 Å². The minimum absolute atomic E-state index is 0. The number of hydrogen-bond donors (Lipinski definition) is 1. The predicted octanol–water partition coefficient (Wildman–Crippen LogP) is 6.83. The second-order valence-electron chi connectivity index (χ2n) is 7.79. The lowest BCUT2D eigenvalue weighted by atomic mass is 9.92. The number of nitrogens with zero attached hydrogens (tertiary/aromatic N) is 1. The lowest BCUT2D eigenvalue weighted by molar-refractivity contribution is 0.289. The van der Waals surface area contributed by atoms with E-state index in [4.69, 9.17) is 28.6 Å². The average molecular weight is 453 g/mol. The molecule has 1 aliphatic heterocycles. The number of hydrogen-bond acceptors (Lipinski definition) is 2. The number of aryl methyl sites for hydroxylation is 1. The summed E-state index contributed by atoms with van der Waals surface area (Å²) in [7, 11) is 0. The smallest absolute Gasteiger partial charge is 0.265 e. The number of rotatable bonds is 2. The lowest BCUT2D eigenvalue weighted by Crippen LogP contribution is -2.42. The Morgan fingerprint density at radius 3 is 2.61 bits per heavy atom. The zero-order valence-corrected chi connectivity index (χ0v) is 18.4. The van der Waals surface area contributed by atoms with Gasteiger partial charge < -0.3 is 14.6 Å². The van der Waals surface area contributed by atoms with Crippen molar-refractivity contribution < 1.29 is 10.6 Å². The van der Waals surface area contributed by atoms with Gasteiger partial charge >= 0.3 is 0 Å². The Balaban J connectivity index is 0.00000245. The van der Waals surface area contributed by atoms with Gasteiger partial charge in [-0.15, -0.1) is 0 Å². The highest BCUT2D eigenvalue weighted by atomic mass is 35.5. The molecule has 0 bridgehead atoms. The van der Waals surface area contributed by atoms with Crippen molar-refractivity contribution >= 4 is 39.9 Å². The van der Waals surface area contributed by atoms with Gasteiger partial charge in [0.25, 0.3) is 5.17 Å². The molecule has 1 aromatic heterocycles. The zero-order valence-electron chi connectivity index (χ0n) is 16.9. The summed E-state index contributed by atoms with van der Waals surface area (Å²) in [6, 6.07) is 20.2. The molecule has 31 heavy (non-hydrogen) atoms. The van der Waals surface area contributed by atoms with Crippen LogP contribution in [0.1, 0.15) is 29.9 Å². The first-order chi connectivity index (χ1) is 15.0. The molecule has 6 heteroatoms. The Kier molecular flexibility index (Phi) is 5.16. The molecule has 3 nitrogen and oxygen atoms in total. The van der Waals surface area contributed by atoms with Crippen LogP contribution in [0.25, 0.3) is 10.9 Å². The molecule has 4 aromatic rings. The van der Waals surface area contributed by atoms with Crippen molar-refractivity contribution in [2.24, 2.45) is 0 Å². The fourth-order valence-electron chi connectivity index (χ4n) is 4.21. The molecule has 3 aromatic carbocycles. The third-order valence-electron chi connectivity index (χ3n) is 5.74. The number of fused-ring (bicyclic) bond motifs is 3. The minimum atomic E-state index is -0.310. The van der Waals surface area contributed by atoms with Crippen molar-refractivity contribution in [3.05, 3.63) is 100.0 Å². The third-order valence-corrected chi connectivity index (χ3v) is 6.29.